The van der Waals surface area contributed by atoms with Crippen LogP contribution >= 0.6 is 11.3 Å². The number of thiazole rings is 1. The highest BCUT2D eigenvalue weighted by Gasteiger charge is 2.16. The maximum Gasteiger partial charge on any atom is 0.321 e. The molecule has 2 aromatic carbocycles. The molecule has 6 nitrogen and oxygen atoms in total. The second kappa shape index (κ2) is 9.75. The van der Waals surface area contributed by atoms with Crippen LogP contribution < -0.4 is 10.6 Å². The van der Waals surface area contributed by atoms with Crippen LogP contribution in [-0.4, -0.2) is 34.9 Å². The number of likely N-dealkylation sites (tertiary alicyclic amines) is 1. The van der Waals surface area contributed by atoms with Gasteiger partial charge in [0.1, 0.15) is 10.7 Å². The lowest BCUT2D eigenvalue weighted by Gasteiger charge is -2.20. The number of carbonyl (C=O) groups is 2. The van der Waals surface area contributed by atoms with Crippen LogP contribution in [0.2, 0.25) is 0 Å². The van der Waals surface area contributed by atoms with Crippen molar-refractivity contribution < 1.29 is 9.59 Å². The lowest BCUT2D eigenvalue weighted by atomic mass is 10.2. The average molecular weight is 435 g/mol. The molecule has 0 spiro atoms. The minimum atomic E-state index is -0.254. The van der Waals surface area contributed by atoms with Crippen molar-refractivity contribution in [3.63, 3.8) is 0 Å². The SMILES string of the molecule is Cc1ccc(-c2nc(C(=O)Nc3ccc(NC(=O)N4CCCCCC4)cc3)cs2)cc1. The van der Waals surface area contributed by atoms with Crippen LogP contribution in [-0.2, 0) is 0 Å². The first-order valence-electron chi connectivity index (χ1n) is 10.6. The number of aryl methyl sites for hydroxylation is 1. The van der Waals surface area contributed by atoms with E-state index < -0.39 is 0 Å². The first-order chi connectivity index (χ1) is 15.1. The summed E-state index contributed by atoms with van der Waals surface area (Å²) in [6.45, 7) is 3.65. The fourth-order valence-electron chi connectivity index (χ4n) is 3.52. The highest BCUT2D eigenvalue weighted by molar-refractivity contribution is 7.13. The van der Waals surface area contributed by atoms with Gasteiger partial charge in [-0.3, -0.25) is 4.79 Å². The molecule has 160 valence electrons. The Morgan fingerprint density at radius 1 is 0.871 bits per heavy atom. The third-order valence-corrected chi connectivity index (χ3v) is 6.21. The van der Waals surface area contributed by atoms with Gasteiger partial charge in [0.05, 0.1) is 0 Å². The number of nitrogens with one attached hydrogen (secondary N) is 2. The number of aromatic nitrogens is 1. The molecule has 3 aromatic rings. The second-order valence-electron chi connectivity index (χ2n) is 7.77. The fourth-order valence-corrected chi connectivity index (χ4v) is 4.32. The molecule has 0 saturated carbocycles. The van der Waals surface area contributed by atoms with Crippen molar-refractivity contribution in [2.24, 2.45) is 0 Å². The monoisotopic (exact) mass is 434 g/mol. The van der Waals surface area contributed by atoms with Gasteiger partial charge < -0.3 is 15.5 Å². The summed E-state index contributed by atoms with van der Waals surface area (Å²) in [5.74, 6) is -0.254. The number of rotatable bonds is 4. The number of anilines is 2. The van der Waals surface area contributed by atoms with Crippen molar-refractivity contribution in [3.05, 3.63) is 65.2 Å². The van der Waals surface area contributed by atoms with Gasteiger partial charge in [-0.15, -0.1) is 11.3 Å². The molecule has 2 heterocycles. The molecule has 2 N–H and O–H groups in total. The summed E-state index contributed by atoms with van der Waals surface area (Å²) in [4.78, 5) is 31.4. The first kappa shape index (κ1) is 21.1. The van der Waals surface area contributed by atoms with Crippen molar-refractivity contribution in [1.82, 2.24) is 9.88 Å². The van der Waals surface area contributed by atoms with E-state index in [1.165, 1.54) is 29.7 Å². The molecule has 7 heteroatoms. The largest absolute Gasteiger partial charge is 0.325 e. The predicted octanol–water partition coefficient (Wildman–Crippen LogP) is 5.78. The van der Waals surface area contributed by atoms with Crippen LogP contribution in [0.3, 0.4) is 0 Å². The maximum atomic E-state index is 12.6. The highest BCUT2D eigenvalue weighted by atomic mass is 32.1. The Hall–Kier alpha value is -3.19. The quantitative estimate of drug-likeness (QED) is 0.547. The number of hydrogen-bond donors (Lipinski definition) is 2. The Morgan fingerprint density at radius 2 is 1.48 bits per heavy atom. The van der Waals surface area contributed by atoms with Gasteiger partial charge in [0.2, 0.25) is 0 Å². The molecule has 0 atom stereocenters. The van der Waals surface area contributed by atoms with E-state index in [1.54, 1.807) is 29.6 Å². The van der Waals surface area contributed by atoms with Crippen molar-refractivity contribution in [2.75, 3.05) is 23.7 Å². The molecule has 1 aromatic heterocycles. The zero-order valence-electron chi connectivity index (χ0n) is 17.6. The lowest BCUT2D eigenvalue weighted by molar-refractivity contribution is 0.102. The third-order valence-electron chi connectivity index (χ3n) is 5.32. The molecule has 1 aliphatic rings. The molecule has 1 fully saturated rings. The van der Waals surface area contributed by atoms with Crippen molar-refractivity contribution in [1.29, 1.82) is 0 Å². The molecule has 0 radical (unpaired) electrons. The first-order valence-corrected chi connectivity index (χ1v) is 11.5. The van der Waals surface area contributed by atoms with E-state index in [-0.39, 0.29) is 11.9 Å². The molecule has 0 unspecified atom stereocenters. The smallest absolute Gasteiger partial charge is 0.321 e. The van der Waals surface area contributed by atoms with E-state index in [0.29, 0.717) is 17.1 Å². The number of amides is 3. The minimum Gasteiger partial charge on any atom is -0.325 e. The molecule has 0 bridgehead atoms. The molecule has 31 heavy (non-hydrogen) atoms. The number of carbonyl (C=O) groups excluding carboxylic acids is 2. The van der Waals surface area contributed by atoms with Gasteiger partial charge in [0.25, 0.3) is 5.91 Å². The van der Waals surface area contributed by atoms with Crippen LogP contribution in [0.25, 0.3) is 10.6 Å². The summed E-state index contributed by atoms with van der Waals surface area (Å²) in [6, 6.07) is 15.2. The van der Waals surface area contributed by atoms with Gasteiger partial charge in [0, 0.05) is 35.4 Å². The summed E-state index contributed by atoms with van der Waals surface area (Å²) >= 11 is 1.45. The van der Waals surface area contributed by atoms with Gasteiger partial charge in [-0.25, -0.2) is 9.78 Å². The van der Waals surface area contributed by atoms with Gasteiger partial charge in [0.15, 0.2) is 0 Å². The lowest BCUT2D eigenvalue weighted by Crippen LogP contribution is -2.35. The Kier molecular flexibility index (Phi) is 6.62. The summed E-state index contributed by atoms with van der Waals surface area (Å²) in [7, 11) is 0. The van der Waals surface area contributed by atoms with Gasteiger partial charge in [-0.05, 0) is 44.0 Å². The standard InChI is InChI=1S/C24H26N4O2S/c1-17-6-8-18(9-7-17)23-27-21(16-31-23)22(29)25-19-10-12-20(13-11-19)26-24(30)28-14-4-2-3-5-15-28/h6-13,16H,2-5,14-15H2,1H3,(H,25,29)(H,26,30). The zero-order chi connectivity index (χ0) is 21.6. The summed E-state index contributed by atoms with van der Waals surface area (Å²) in [5, 5.41) is 8.39. The molecule has 1 aliphatic heterocycles. The zero-order valence-corrected chi connectivity index (χ0v) is 18.4. The van der Waals surface area contributed by atoms with Gasteiger partial charge in [-0.2, -0.15) is 0 Å². The van der Waals surface area contributed by atoms with E-state index in [2.05, 4.69) is 15.6 Å². The molecular weight excluding hydrogens is 408 g/mol. The van der Waals surface area contributed by atoms with Crippen LogP contribution in [0.1, 0.15) is 41.7 Å². The van der Waals surface area contributed by atoms with E-state index in [9.17, 15) is 9.59 Å². The van der Waals surface area contributed by atoms with Crippen molar-refractivity contribution in [3.8, 4) is 10.6 Å². The van der Waals surface area contributed by atoms with Gasteiger partial charge in [-0.1, -0.05) is 42.7 Å². The van der Waals surface area contributed by atoms with E-state index in [1.807, 2.05) is 36.1 Å². The van der Waals surface area contributed by atoms with E-state index in [4.69, 9.17) is 0 Å². The fraction of sp³-hybridized carbons (Fsp3) is 0.292. The number of urea groups is 1. The van der Waals surface area contributed by atoms with Crippen LogP contribution in [0.5, 0.6) is 0 Å². The molecular formula is C24H26N4O2S. The van der Waals surface area contributed by atoms with Crippen LogP contribution in [0.15, 0.2) is 53.9 Å². The Morgan fingerprint density at radius 3 is 2.13 bits per heavy atom. The molecule has 1 saturated heterocycles. The van der Waals surface area contributed by atoms with Crippen molar-refractivity contribution >= 4 is 34.6 Å². The molecule has 0 aliphatic carbocycles. The van der Waals surface area contributed by atoms with Crippen LogP contribution in [0, 0.1) is 6.92 Å². The Labute approximate surface area is 186 Å². The second-order valence-corrected chi connectivity index (χ2v) is 8.62. The van der Waals surface area contributed by atoms with E-state index >= 15 is 0 Å². The molecule has 3 amide bonds. The van der Waals surface area contributed by atoms with Crippen molar-refractivity contribution in [2.45, 2.75) is 32.6 Å². The highest BCUT2D eigenvalue weighted by Crippen LogP contribution is 2.24. The number of nitrogens with zero attached hydrogens (tertiary/aromatic N) is 2. The molecule has 4 rings (SSSR count). The topological polar surface area (TPSA) is 74.3 Å². The van der Waals surface area contributed by atoms with Gasteiger partial charge >= 0.3 is 6.03 Å². The number of hydrogen-bond acceptors (Lipinski definition) is 4. The average Bonchev–Trinajstić information content (AvgIpc) is 3.11. The summed E-state index contributed by atoms with van der Waals surface area (Å²) < 4.78 is 0. The van der Waals surface area contributed by atoms with Crippen LogP contribution in [0.4, 0.5) is 16.2 Å². The van der Waals surface area contributed by atoms with E-state index in [0.717, 1.165) is 36.5 Å². The normalized spacial score (nSPS) is 14.0. The summed E-state index contributed by atoms with van der Waals surface area (Å²) in [5.41, 5.74) is 3.94. The minimum absolute atomic E-state index is 0.0650. The number of benzene rings is 2. The predicted molar refractivity (Wildman–Crippen MR) is 126 cm³/mol. The third kappa shape index (κ3) is 5.49. The maximum absolute atomic E-state index is 12.6. The summed E-state index contributed by atoms with van der Waals surface area (Å²) in [6.07, 6.45) is 4.48. The Bertz CT molecular complexity index is 1040. The Balaban J connectivity index is 1.35.